The topological polar surface area (TPSA) is 42.4 Å². The Hall–Kier alpha value is -1.49. The molecule has 0 aliphatic rings. The lowest BCUT2D eigenvalue weighted by Gasteiger charge is -2.11. The van der Waals surface area contributed by atoms with Gasteiger partial charge in [-0.1, -0.05) is 6.07 Å². The van der Waals surface area contributed by atoms with Gasteiger partial charge in [-0.25, -0.2) is 0 Å². The Labute approximate surface area is 115 Å². The van der Waals surface area contributed by atoms with Crippen LogP contribution in [0, 0.1) is 6.92 Å². The normalized spacial score (nSPS) is 10.3. The number of halogens is 1. The van der Waals surface area contributed by atoms with Crippen LogP contribution < -0.4 is 10.2 Å². The molecule has 0 radical (unpaired) electrons. The lowest BCUT2D eigenvalue weighted by atomic mass is 9.94. The smallest absolute Gasteiger partial charge is 0.149 e. The predicted octanol–water partition coefficient (Wildman–Crippen LogP) is 1.70. The van der Waals surface area contributed by atoms with Crippen molar-refractivity contribution >= 4 is 29.2 Å². The van der Waals surface area contributed by atoms with Crippen LogP contribution in [0.2, 0.25) is 0 Å². The van der Waals surface area contributed by atoms with Crippen LogP contribution in [0.15, 0.2) is 34.8 Å². The molecule has 0 aliphatic heterocycles. The summed E-state index contributed by atoms with van der Waals surface area (Å²) in [5.74, 6) is 0.878. The van der Waals surface area contributed by atoms with E-state index in [2.05, 4.69) is 20.9 Å². The Kier molecular flexibility index (Phi) is 3.92. The van der Waals surface area contributed by atoms with Gasteiger partial charge in [0, 0.05) is 5.69 Å². The van der Waals surface area contributed by atoms with Crippen molar-refractivity contribution in [3.63, 3.8) is 0 Å². The van der Waals surface area contributed by atoms with Crippen molar-refractivity contribution in [1.29, 1.82) is 0 Å². The summed E-state index contributed by atoms with van der Waals surface area (Å²) in [6.45, 7) is 2.34. The van der Waals surface area contributed by atoms with Gasteiger partial charge in [-0.15, -0.1) is 0 Å². The second-order valence-electron chi connectivity index (χ2n) is 4.08. The second kappa shape index (κ2) is 5.44. The maximum absolute atomic E-state index is 9.79. The molecule has 0 aliphatic carbocycles. The van der Waals surface area contributed by atoms with Crippen LogP contribution in [-0.4, -0.2) is 17.9 Å². The molecule has 1 heterocycles. The first kappa shape index (κ1) is 13.0. The first-order valence-corrected chi connectivity index (χ1v) is 6.40. The summed E-state index contributed by atoms with van der Waals surface area (Å²) in [6.07, 6.45) is 0. The molecular formula is C13H13BBrNO2. The van der Waals surface area contributed by atoms with Crippen LogP contribution in [0.1, 0.15) is 11.4 Å². The van der Waals surface area contributed by atoms with Crippen molar-refractivity contribution in [2.24, 2.45) is 0 Å². The van der Waals surface area contributed by atoms with Gasteiger partial charge in [0.25, 0.3) is 0 Å². The van der Waals surface area contributed by atoms with Crippen LogP contribution in [0.5, 0.6) is 11.5 Å². The molecule has 2 aromatic rings. The minimum Gasteiger partial charge on any atom is -0.507 e. The number of hydrogen-bond acceptors (Lipinski definition) is 3. The van der Waals surface area contributed by atoms with E-state index in [1.54, 1.807) is 6.07 Å². The van der Waals surface area contributed by atoms with E-state index in [0.717, 1.165) is 16.9 Å². The number of aryl methyl sites for hydroxylation is 1. The molecular weight excluding hydrogens is 293 g/mol. The fraction of sp³-hybridized carbons (Fsp3) is 0.154. The summed E-state index contributed by atoms with van der Waals surface area (Å²) in [5, 5.41) is 9.79. The van der Waals surface area contributed by atoms with Crippen LogP contribution >= 0.6 is 15.9 Å². The van der Waals surface area contributed by atoms with E-state index < -0.39 is 0 Å². The Morgan fingerprint density at radius 2 is 2.11 bits per heavy atom. The number of pyridine rings is 1. The summed E-state index contributed by atoms with van der Waals surface area (Å²) in [7, 11) is 1.82. The number of hydrogen-bond donors (Lipinski definition) is 1. The van der Waals surface area contributed by atoms with E-state index in [0.29, 0.717) is 16.8 Å². The molecule has 2 rings (SSSR count). The van der Waals surface area contributed by atoms with Gasteiger partial charge in [-0.2, -0.15) is 0 Å². The molecule has 18 heavy (non-hydrogen) atoms. The first-order chi connectivity index (χ1) is 8.58. The standard InChI is InChI=1S/C13H13BBrNO2/c1-8-3-2-4-9(16-8)7-18-11-6-5-10(15)13(17)12(11)14/h2-6,17H,7,14H2,1H3. The highest BCUT2D eigenvalue weighted by atomic mass is 79.9. The van der Waals surface area contributed by atoms with Crippen molar-refractivity contribution in [2.75, 3.05) is 0 Å². The fourth-order valence-corrected chi connectivity index (χ4v) is 2.07. The maximum Gasteiger partial charge on any atom is 0.149 e. The largest absolute Gasteiger partial charge is 0.507 e. The van der Waals surface area contributed by atoms with E-state index in [4.69, 9.17) is 4.74 Å². The molecule has 0 amide bonds. The van der Waals surface area contributed by atoms with Gasteiger partial charge in [0.05, 0.1) is 10.2 Å². The number of phenolic OH excluding ortho intramolecular Hbond substituents is 1. The van der Waals surface area contributed by atoms with Crippen molar-refractivity contribution < 1.29 is 9.84 Å². The Morgan fingerprint density at radius 3 is 2.83 bits per heavy atom. The van der Waals surface area contributed by atoms with Gasteiger partial charge >= 0.3 is 0 Å². The van der Waals surface area contributed by atoms with Crippen LogP contribution in [0.3, 0.4) is 0 Å². The van der Waals surface area contributed by atoms with E-state index in [9.17, 15) is 5.11 Å². The Bertz CT molecular complexity index is 575. The summed E-state index contributed by atoms with van der Waals surface area (Å²) in [4.78, 5) is 4.36. The number of ether oxygens (including phenoxy) is 1. The predicted molar refractivity (Wildman–Crippen MR) is 77.3 cm³/mol. The zero-order valence-corrected chi connectivity index (χ0v) is 11.9. The van der Waals surface area contributed by atoms with E-state index in [-0.39, 0.29) is 5.75 Å². The van der Waals surface area contributed by atoms with Crippen molar-refractivity contribution in [2.45, 2.75) is 13.5 Å². The molecule has 3 nitrogen and oxygen atoms in total. The molecule has 1 aromatic carbocycles. The highest BCUT2D eigenvalue weighted by molar-refractivity contribution is 9.10. The van der Waals surface area contributed by atoms with Crippen molar-refractivity contribution in [1.82, 2.24) is 4.98 Å². The van der Waals surface area contributed by atoms with Gasteiger partial charge in [0.15, 0.2) is 0 Å². The molecule has 0 bridgehead atoms. The van der Waals surface area contributed by atoms with Crippen LogP contribution in [0.4, 0.5) is 0 Å². The average molecular weight is 306 g/mol. The molecule has 1 N–H and O–H groups in total. The molecule has 1 aromatic heterocycles. The molecule has 0 atom stereocenters. The number of aromatic nitrogens is 1. The lowest BCUT2D eigenvalue weighted by Crippen LogP contribution is -2.10. The Balaban J connectivity index is 2.14. The van der Waals surface area contributed by atoms with Crippen LogP contribution in [-0.2, 0) is 6.61 Å². The molecule has 5 heteroatoms. The number of aromatic hydroxyl groups is 1. The van der Waals surface area contributed by atoms with Gasteiger partial charge < -0.3 is 9.84 Å². The van der Waals surface area contributed by atoms with Gasteiger partial charge in [0.2, 0.25) is 0 Å². The molecule has 0 saturated heterocycles. The fourth-order valence-electron chi connectivity index (χ4n) is 1.64. The molecule has 0 unspecified atom stereocenters. The number of nitrogens with zero attached hydrogens (tertiary/aromatic N) is 1. The second-order valence-corrected chi connectivity index (χ2v) is 4.93. The minimum atomic E-state index is 0.213. The monoisotopic (exact) mass is 305 g/mol. The Morgan fingerprint density at radius 1 is 1.33 bits per heavy atom. The third-order valence-corrected chi connectivity index (χ3v) is 3.29. The molecule has 0 spiro atoms. The molecule has 0 fully saturated rings. The van der Waals surface area contributed by atoms with E-state index >= 15 is 0 Å². The number of phenols is 1. The maximum atomic E-state index is 9.79. The van der Waals surface area contributed by atoms with Gasteiger partial charge in [0.1, 0.15) is 26.0 Å². The average Bonchev–Trinajstić information content (AvgIpc) is 2.35. The minimum absolute atomic E-state index is 0.213. The number of rotatable bonds is 3. The van der Waals surface area contributed by atoms with Gasteiger partial charge in [-0.05, 0) is 52.6 Å². The quantitative estimate of drug-likeness (QED) is 0.878. The van der Waals surface area contributed by atoms with Crippen molar-refractivity contribution in [3.8, 4) is 11.5 Å². The SMILES string of the molecule is Bc1c(OCc2cccc(C)n2)ccc(Br)c1O. The van der Waals surface area contributed by atoms with Gasteiger partial charge in [-0.3, -0.25) is 4.98 Å². The molecule has 92 valence electrons. The summed E-state index contributed by atoms with van der Waals surface area (Å²) >= 11 is 3.27. The first-order valence-electron chi connectivity index (χ1n) is 5.61. The third-order valence-electron chi connectivity index (χ3n) is 2.65. The summed E-state index contributed by atoms with van der Waals surface area (Å²) in [6, 6.07) is 9.41. The van der Waals surface area contributed by atoms with Crippen LogP contribution in [0.25, 0.3) is 0 Å². The third kappa shape index (κ3) is 2.85. The summed E-state index contributed by atoms with van der Waals surface area (Å²) < 4.78 is 6.34. The number of benzene rings is 1. The zero-order chi connectivity index (χ0) is 13.1. The highest BCUT2D eigenvalue weighted by Crippen LogP contribution is 2.25. The van der Waals surface area contributed by atoms with E-state index in [1.165, 1.54) is 0 Å². The van der Waals surface area contributed by atoms with Crippen molar-refractivity contribution in [3.05, 3.63) is 46.2 Å². The van der Waals surface area contributed by atoms with E-state index in [1.807, 2.05) is 39.0 Å². The summed E-state index contributed by atoms with van der Waals surface area (Å²) in [5.41, 5.74) is 2.56. The lowest BCUT2D eigenvalue weighted by molar-refractivity contribution is 0.302. The molecule has 0 saturated carbocycles. The zero-order valence-electron chi connectivity index (χ0n) is 10.3. The highest BCUT2D eigenvalue weighted by Gasteiger charge is 2.08.